The third-order valence-electron chi connectivity index (χ3n) is 7.10. The number of hydrogen-bond acceptors (Lipinski definition) is 5. The smallest absolute Gasteiger partial charge is 0.241 e. The zero-order valence-corrected chi connectivity index (χ0v) is 23.2. The minimum Gasteiger partial charge on any atom is -0.384 e. The Kier molecular flexibility index (Phi) is 9.40. The summed E-state index contributed by atoms with van der Waals surface area (Å²) >= 11 is 6.01. The van der Waals surface area contributed by atoms with E-state index in [4.69, 9.17) is 28.5 Å². The van der Waals surface area contributed by atoms with Gasteiger partial charge in [-0.1, -0.05) is 54.1 Å². The fourth-order valence-corrected chi connectivity index (χ4v) is 6.28. The maximum absolute atomic E-state index is 13.7. The van der Waals surface area contributed by atoms with Crippen LogP contribution in [0.2, 0.25) is 5.02 Å². The third-order valence-corrected chi connectivity index (χ3v) is 8.82. The average molecular weight is 568 g/mol. The highest BCUT2D eigenvalue weighted by atomic mass is 35.5. The summed E-state index contributed by atoms with van der Waals surface area (Å²) in [6.45, 7) is 1.73. The Labute approximate surface area is 234 Å². The summed E-state index contributed by atoms with van der Waals surface area (Å²) in [4.78, 5) is 15.5. The molecule has 0 spiro atoms. The molecule has 4 rings (SSSR count). The van der Waals surface area contributed by atoms with Gasteiger partial charge in [0.2, 0.25) is 15.9 Å². The van der Waals surface area contributed by atoms with Crippen LogP contribution in [0.5, 0.6) is 0 Å². The standard InChI is InChI=1S/C29H34ClN5O3S/c30-25-9-7-22(8-10-25)23-4-2-6-26(19-23)39(37,38)34-27(18-21-3-1-5-24(17-21)28(32)33)29(36)35-15-12-20(11-14-31)13-16-35/h1-10,17,19-20,27,34H,11-16,18,31H2,(H3,32,33)/t27-/m0/s1. The molecule has 1 aliphatic rings. The third kappa shape index (κ3) is 7.45. The van der Waals surface area contributed by atoms with Crippen LogP contribution in [0.3, 0.4) is 0 Å². The fourth-order valence-electron chi connectivity index (χ4n) is 4.92. The van der Waals surface area contributed by atoms with Gasteiger partial charge in [0.25, 0.3) is 0 Å². The molecule has 0 bridgehead atoms. The molecule has 3 aromatic rings. The lowest BCUT2D eigenvalue weighted by atomic mass is 9.93. The first-order valence-electron chi connectivity index (χ1n) is 13.0. The van der Waals surface area contributed by atoms with Gasteiger partial charge in [0.05, 0.1) is 4.90 Å². The van der Waals surface area contributed by atoms with Crippen molar-refractivity contribution in [3.63, 3.8) is 0 Å². The van der Waals surface area contributed by atoms with Gasteiger partial charge >= 0.3 is 0 Å². The minimum atomic E-state index is -4.05. The molecule has 0 aromatic heterocycles. The highest BCUT2D eigenvalue weighted by Gasteiger charge is 2.32. The zero-order chi connectivity index (χ0) is 28.0. The quantitative estimate of drug-likeness (QED) is 0.218. The number of amides is 1. The first kappa shape index (κ1) is 28.8. The Morgan fingerprint density at radius 2 is 1.72 bits per heavy atom. The largest absolute Gasteiger partial charge is 0.384 e. The number of rotatable bonds is 10. The number of carbonyl (C=O) groups is 1. The molecule has 6 N–H and O–H groups in total. The fraction of sp³-hybridized carbons (Fsp3) is 0.310. The van der Waals surface area contributed by atoms with Crippen LogP contribution < -0.4 is 16.2 Å². The first-order chi connectivity index (χ1) is 18.7. The highest BCUT2D eigenvalue weighted by molar-refractivity contribution is 7.89. The topological polar surface area (TPSA) is 142 Å². The predicted octanol–water partition coefficient (Wildman–Crippen LogP) is 3.77. The minimum absolute atomic E-state index is 0.0619. The Hall–Kier alpha value is -3.24. The van der Waals surface area contributed by atoms with Crippen LogP contribution in [0.25, 0.3) is 11.1 Å². The second kappa shape index (κ2) is 12.7. The molecule has 1 aliphatic heterocycles. The van der Waals surface area contributed by atoms with Crippen molar-refractivity contribution in [1.82, 2.24) is 9.62 Å². The number of piperidine rings is 1. The Morgan fingerprint density at radius 1 is 1.03 bits per heavy atom. The molecule has 206 valence electrons. The van der Waals surface area contributed by atoms with Crippen LogP contribution in [0.4, 0.5) is 0 Å². The maximum Gasteiger partial charge on any atom is 0.241 e. The maximum atomic E-state index is 13.7. The monoisotopic (exact) mass is 567 g/mol. The molecule has 1 atom stereocenters. The second-order valence-corrected chi connectivity index (χ2v) is 12.0. The molecule has 1 heterocycles. The van der Waals surface area contributed by atoms with Gasteiger partial charge in [0.15, 0.2) is 0 Å². The van der Waals surface area contributed by atoms with E-state index in [-0.39, 0.29) is 23.1 Å². The van der Waals surface area contributed by atoms with Crippen molar-refractivity contribution < 1.29 is 13.2 Å². The van der Waals surface area contributed by atoms with Gasteiger partial charge in [-0.05, 0) is 85.2 Å². The summed E-state index contributed by atoms with van der Waals surface area (Å²) in [6, 6.07) is 19.7. The van der Waals surface area contributed by atoms with Gasteiger partial charge in [-0.15, -0.1) is 0 Å². The molecule has 3 aromatic carbocycles. The summed E-state index contributed by atoms with van der Waals surface area (Å²) in [5, 5.41) is 8.34. The van der Waals surface area contributed by atoms with Crippen LogP contribution in [-0.2, 0) is 21.2 Å². The van der Waals surface area contributed by atoms with Crippen LogP contribution in [0.15, 0.2) is 77.7 Å². The van der Waals surface area contributed by atoms with Gasteiger partial charge in [-0.3, -0.25) is 10.2 Å². The normalized spacial score (nSPS) is 15.2. The van der Waals surface area contributed by atoms with E-state index >= 15 is 0 Å². The number of nitrogens with two attached hydrogens (primary N) is 2. The SMILES string of the molecule is N=C(N)c1cccc(C[C@H](NS(=O)(=O)c2cccc(-c3ccc(Cl)cc3)c2)C(=O)N2CCC(CCN)CC2)c1. The second-order valence-electron chi connectivity index (χ2n) is 9.87. The number of likely N-dealkylation sites (tertiary alicyclic amines) is 1. The molecule has 1 fully saturated rings. The van der Waals surface area contributed by atoms with E-state index < -0.39 is 16.1 Å². The molecule has 0 saturated carbocycles. The Balaban J connectivity index is 1.60. The molecule has 10 heteroatoms. The van der Waals surface area contributed by atoms with E-state index in [1.807, 2.05) is 18.2 Å². The molecular formula is C29H34ClN5O3S. The molecule has 0 radical (unpaired) electrons. The van der Waals surface area contributed by atoms with E-state index in [9.17, 15) is 13.2 Å². The average Bonchev–Trinajstić information content (AvgIpc) is 2.93. The van der Waals surface area contributed by atoms with E-state index in [2.05, 4.69) is 4.72 Å². The lowest BCUT2D eigenvalue weighted by Crippen LogP contribution is -2.51. The van der Waals surface area contributed by atoms with Gasteiger partial charge < -0.3 is 16.4 Å². The summed E-state index contributed by atoms with van der Waals surface area (Å²) in [5.74, 6) is 0.102. The number of nitrogens with one attached hydrogen (secondary N) is 2. The number of carbonyl (C=O) groups excluding carboxylic acids is 1. The van der Waals surface area contributed by atoms with Crippen molar-refractivity contribution in [2.45, 2.75) is 36.6 Å². The lowest BCUT2D eigenvalue weighted by molar-refractivity contribution is -0.134. The first-order valence-corrected chi connectivity index (χ1v) is 14.8. The summed E-state index contributed by atoms with van der Waals surface area (Å²) in [6.07, 6.45) is 2.72. The highest BCUT2D eigenvalue weighted by Crippen LogP contribution is 2.25. The van der Waals surface area contributed by atoms with Gasteiger partial charge in [0, 0.05) is 23.7 Å². The number of benzene rings is 3. The lowest BCUT2D eigenvalue weighted by Gasteiger charge is -2.34. The van der Waals surface area contributed by atoms with Crippen LogP contribution in [-0.4, -0.2) is 50.7 Å². The van der Waals surface area contributed by atoms with Crippen molar-refractivity contribution in [3.05, 3.63) is 88.9 Å². The number of nitrogens with zero attached hydrogens (tertiary/aromatic N) is 1. The number of nitrogen functional groups attached to an aromatic ring is 1. The van der Waals surface area contributed by atoms with Crippen LogP contribution in [0.1, 0.15) is 30.4 Å². The van der Waals surface area contributed by atoms with Gasteiger partial charge in [-0.25, -0.2) is 8.42 Å². The van der Waals surface area contributed by atoms with E-state index in [0.717, 1.165) is 24.8 Å². The molecule has 1 amide bonds. The molecular weight excluding hydrogens is 534 g/mol. The van der Waals surface area contributed by atoms with E-state index in [1.54, 1.807) is 53.4 Å². The van der Waals surface area contributed by atoms with Crippen molar-refractivity contribution in [2.75, 3.05) is 19.6 Å². The van der Waals surface area contributed by atoms with Crippen molar-refractivity contribution >= 4 is 33.4 Å². The number of amidine groups is 1. The van der Waals surface area contributed by atoms with E-state index in [1.165, 1.54) is 6.07 Å². The zero-order valence-electron chi connectivity index (χ0n) is 21.6. The van der Waals surface area contributed by atoms with Gasteiger partial charge in [0.1, 0.15) is 11.9 Å². The van der Waals surface area contributed by atoms with Crippen molar-refractivity contribution in [1.29, 1.82) is 5.41 Å². The summed E-state index contributed by atoms with van der Waals surface area (Å²) in [7, 11) is -4.05. The number of halogens is 1. The Morgan fingerprint density at radius 3 is 2.38 bits per heavy atom. The number of sulfonamides is 1. The predicted molar refractivity (Wildman–Crippen MR) is 155 cm³/mol. The Bertz CT molecular complexity index is 1420. The number of hydrogen-bond donors (Lipinski definition) is 4. The molecule has 8 nitrogen and oxygen atoms in total. The van der Waals surface area contributed by atoms with Crippen LogP contribution in [0, 0.1) is 11.3 Å². The van der Waals surface area contributed by atoms with Gasteiger partial charge in [-0.2, -0.15) is 4.72 Å². The van der Waals surface area contributed by atoms with Crippen LogP contribution >= 0.6 is 11.6 Å². The molecule has 0 unspecified atom stereocenters. The molecule has 39 heavy (non-hydrogen) atoms. The molecule has 0 aliphatic carbocycles. The van der Waals surface area contributed by atoms with Crippen molar-refractivity contribution in [2.24, 2.45) is 17.4 Å². The van der Waals surface area contributed by atoms with E-state index in [0.29, 0.717) is 47.3 Å². The van der Waals surface area contributed by atoms with Crippen molar-refractivity contribution in [3.8, 4) is 11.1 Å². The summed E-state index contributed by atoms with van der Waals surface area (Å²) < 4.78 is 29.9. The summed E-state index contributed by atoms with van der Waals surface area (Å²) in [5.41, 5.74) is 14.1. The molecule has 1 saturated heterocycles.